The summed E-state index contributed by atoms with van der Waals surface area (Å²) in [6.45, 7) is 1.43. The number of rotatable bonds is 3. The van der Waals surface area contributed by atoms with Crippen LogP contribution in [0, 0.1) is 11.8 Å². The average molecular weight is 300 g/mol. The molecule has 2 heterocycles. The van der Waals surface area contributed by atoms with Gasteiger partial charge in [0, 0.05) is 25.3 Å². The van der Waals surface area contributed by atoms with Gasteiger partial charge in [-0.3, -0.25) is 0 Å². The molecule has 2 fully saturated rings. The number of anilines is 1. The van der Waals surface area contributed by atoms with Gasteiger partial charge in [0.15, 0.2) is 0 Å². The van der Waals surface area contributed by atoms with Gasteiger partial charge in [0.2, 0.25) is 5.95 Å². The number of likely N-dealkylation sites (N-methyl/N-ethyl adjacent to an activating group) is 1. The van der Waals surface area contributed by atoms with Crippen LogP contribution >= 0.6 is 0 Å². The van der Waals surface area contributed by atoms with Gasteiger partial charge in [-0.15, -0.1) is 0 Å². The Morgan fingerprint density at radius 2 is 1.95 bits per heavy atom. The lowest BCUT2D eigenvalue weighted by molar-refractivity contribution is -0.141. The molecule has 116 valence electrons. The molecule has 4 nitrogen and oxygen atoms in total. The summed E-state index contributed by atoms with van der Waals surface area (Å²) in [6.07, 6.45) is -0.771. The normalized spacial score (nSPS) is 26.7. The Kier molecular flexibility index (Phi) is 3.55. The Hall–Kier alpha value is -1.37. The first-order valence-electron chi connectivity index (χ1n) is 7.18. The summed E-state index contributed by atoms with van der Waals surface area (Å²) in [5, 5.41) is 0. The zero-order chi connectivity index (χ0) is 15.2. The predicted molar refractivity (Wildman–Crippen MR) is 72.9 cm³/mol. The van der Waals surface area contributed by atoms with Crippen LogP contribution in [0.2, 0.25) is 0 Å². The van der Waals surface area contributed by atoms with E-state index in [0.717, 1.165) is 12.6 Å². The Balaban J connectivity index is 1.81. The number of aromatic nitrogens is 2. The summed E-state index contributed by atoms with van der Waals surface area (Å²) in [4.78, 5) is 11.8. The van der Waals surface area contributed by atoms with E-state index < -0.39 is 11.9 Å². The topological polar surface area (TPSA) is 32.3 Å². The fraction of sp³-hybridized carbons (Fsp3) is 0.714. The van der Waals surface area contributed by atoms with Gasteiger partial charge in [-0.2, -0.15) is 13.2 Å². The molecule has 0 N–H and O–H groups in total. The number of halogens is 3. The van der Waals surface area contributed by atoms with Crippen LogP contribution in [0.4, 0.5) is 19.1 Å². The molecule has 1 aliphatic heterocycles. The Morgan fingerprint density at radius 3 is 2.52 bits per heavy atom. The molecule has 1 saturated heterocycles. The molecule has 2 atom stereocenters. The zero-order valence-corrected chi connectivity index (χ0v) is 12.1. The number of hydrogen-bond acceptors (Lipinski definition) is 4. The third-order valence-electron chi connectivity index (χ3n) is 4.44. The molecule has 0 spiro atoms. The highest BCUT2D eigenvalue weighted by Gasteiger charge is 2.44. The van der Waals surface area contributed by atoms with Gasteiger partial charge in [0.1, 0.15) is 5.69 Å². The van der Waals surface area contributed by atoms with E-state index >= 15 is 0 Å². The largest absolute Gasteiger partial charge is 0.433 e. The molecule has 0 bridgehead atoms. The van der Waals surface area contributed by atoms with E-state index in [4.69, 9.17) is 0 Å². The maximum Gasteiger partial charge on any atom is 0.433 e. The molecule has 0 aromatic carbocycles. The highest BCUT2D eigenvalue weighted by molar-refractivity contribution is 5.34. The molecular formula is C14H19F3N4. The molecule has 0 unspecified atom stereocenters. The minimum absolute atomic E-state index is 0.194. The molecule has 1 aliphatic carbocycles. The number of nitrogens with zero attached hydrogens (tertiary/aromatic N) is 4. The molecule has 1 aromatic rings. The van der Waals surface area contributed by atoms with Crippen LogP contribution in [0.15, 0.2) is 12.3 Å². The smallest absolute Gasteiger partial charge is 0.339 e. The SMILES string of the molecule is CN(C)[C@@H]1CN(c2nccc(C(F)(F)F)n2)C[C@H]1C1CC1. The van der Waals surface area contributed by atoms with Gasteiger partial charge in [-0.1, -0.05) is 0 Å². The van der Waals surface area contributed by atoms with E-state index in [2.05, 4.69) is 14.9 Å². The van der Waals surface area contributed by atoms with Crippen LogP contribution in [0.1, 0.15) is 18.5 Å². The summed E-state index contributed by atoms with van der Waals surface area (Å²) in [6, 6.07) is 1.28. The third kappa shape index (κ3) is 2.97. The maximum atomic E-state index is 12.8. The predicted octanol–water partition coefficient (Wildman–Crippen LogP) is 2.27. The molecule has 3 rings (SSSR count). The van der Waals surface area contributed by atoms with Crippen LogP contribution in [-0.2, 0) is 6.18 Å². The van der Waals surface area contributed by atoms with E-state index in [1.54, 1.807) is 0 Å². The van der Waals surface area contributed by atoms with Crippen LogP contribution in [0.25, 0.3) is 0 Å². The first-order chi connectivity index (χ1) is 9.86. The van der Waals surface area contributed by atoms with Crippen molar-refractivity contribution in [2.45, 2.75) is 25.1 Å². The fourth-order valence-electron chi connectivity index (χ4n) is 3.17. The molecule has 0 radical (unpaired) electrons. The van der Waals surface area contributed by atoms with Crippen molar-refractivity contribution in [1.29, 1.82) is 0 Å². The highest BCUT2D eigenvalue weighted by Crippen LogP contribution is 2.43. The van der Waals surface area contributed by atoms with Crippen LogP contribution in [0.5, 0.6) is 0 Å². The standard InChI is InChI=1S/C14H19F3N4/c1-20(2)11-8-21(7-10(11)9-3-4-9)13-18-6-5-12(19-13)14(15,16)17/h5-6,9-11H,3-4,7-8H2,1-2H3/t10-,11+/m0/s1. The minimum Gasteiger partial charge on any atom is -0.339 e. The van der Waals surface area contributed by atoms with Crippen molar-refractivity contribution in [3.63, 3.8) is 0 Å². The van der Waals surface area contributed by atoms with E-state index in [1.807, 2.05) is 19.0 Å². The van der Waals surface area contributed by atoms with Crippen molar-refractivity contribution in [1.82, 2.24) is 14.9 Å². The van der Waals surface area contributed by atoms with Crippen LogP contribution in [-0.4, -0.2) is 48.1 Å². The fourth-order valence-corrected chi connectivity index (χ4v) is 3.17. The summed E-state index contributed by atoms with van der Waals surface area (Å²) in [5.41, 5.74) is -0.872. The number of hydrogen-bond donors (Lipinski definition) is 0. The van der Waals surface area contributed by atoms with Gasteiger partial charge in [-0.05, 0) is 44.8 Å². The van der Waals surface area contributed by atoms with Gasteiger partial charge in [-0.25, -0.2) is 9.97 Å². The molecule has 1 aromatic heterocycles. The summed E-state index contributed by atoms with van der Waals surface area (Å²) >= 11 is 0. The number of alkyl halides is 3. The molecule has 7 heteroatoms. The second-order valence-electron chi connectivity index (χ2n) is 6.18. The minimum atomic E-state index is -4.42. The van der Waals surface area contributed by atoms with E-state index in [-0.39, 0.29) is 5.95 Å². The lowest BCUT2D eigenvalue weighted by Crippen LogP contribution is -2.36. The van der Waals surface area contributed by atoms with Gasteiger partial charge in [0.05, 0.1) is 0 Å². The lowest BCUT2D eigenvalue weighted by Gasteiger charge is -2.24. The highest BCUT2D eigenvalue weighted by atomic mass is 19.4. The lowest BCUT2D eigenvalue weighted by atomic mass is 9.97. The average Bonchev–Trinajstić information content (AvgIpc) is 3.16. The van der Waals surface area contributed by atoms with E-state index in [9.17, 15) is 13.2 Å². The quantitative estimate of drug-likeness (QED) is 0.857. The van der Waals surface area contributed by atoms with Crippen molar-refractivity contribution in [2.24, 2.45) is 11.8 Å². The van der Waals surface area contributed by atoms with Crippen LogP contribution in [0.3, 0.4) is 0 Å². The molecular weight excluding hydrogens is 281 g/mol. The second-order valence-corrected chi connectivity index (χ2v) is 6.18. The molecule has 2 aliphatic rings. The second kappa shape index (κ2) is 5.12. The Labute approximate surface area is 122 Å². The third-order valence-corrected chi connectivity index (χ3v) is 4.44. The molecule has 21 heavy (non-hydrogen) atoms. The van der Waals surface area contributed by atoms with E-state index in [1.165, 1.54) is 19.0 Å². The van der Waals surface area contributed by atoms with Gasteiger partial charge in [0.25, 0.3) is 0 Å². The first kappa shape index (κ1) is 14.6. The Morgan fingerprint density at radius 1 is 1.24 bits per heavy atom. The summed E-state index contributed by atoms with van der Waals surface area (Å²) in [7, 11) is 4.05. The van der Waals surface area contributed by atoms with Gasteiger partial charge < -0.3 is 9.80 Å². The monoisotopic (exact) mass is 300 g/mol. The van der Waals surface area contributed by atoms with Crippen molar-refractivity contribution < 1.29 is 13.2 Å². The summed E-state index contributed by atoms with van der Waals surface area (Å²) in [5.74, 6) is 1.39. The first-order valence-corrected chi connectivity index (χ1v) is 7.18. The van der Waals surface area contributed by atoms with Gasteiger partial charge >= 0.3 is 6.18 Å². The molecule has 1 saturated carbocycles. The van der Waals surface area contributed by atoms with Crippen LogP contribution < -0.4 is 4.90 Å². The Bertz CT molecular complexity index is 503. The maximum absolute atomic E-state index is 12.8. The van der Waals surface area contributed by atoms with E-state index in [0.29, 0.717) is 24.4 Å². The van der Waals surface area contributed by atoms with Crippen molar-refractivity contribution >= 4 is 5.95 Å². The summed E-state index contributed by atoms with van der Waals surface area (Å²) < 4.78 is 38.3. The molecule has 0 amide bonds. The van der Waals surface area contributed by atoms with Crippen molar-refractivity contribution in [3.05, 3.63) is 18.0 Å². The van der Waals surface area contributed by atoms with Crippen molar-refractivity contribution in [3.8, 4) is 0 Å². The van der Waals surface area contributed by atoms with Crippen molar-refractivity contribution in [2.75, 3.05) is 32.1 Å². The zero-order valence-electron chi connectivity index (χ0n) is 12.1.